The predicted octanol–water partition coefficient (Wildman–Crippen LogP) is 2.44. The van der Waals surface area contributed by atoms with Gasteiger partial charge in [-0.2, -0.15) is 11.8 Å². The van der Waals surface area contributed by atoms with Crippen molar-refractivity contribution in [3.63, 3.8) is 0 Å². The van der Waals surface area contributed by atoms with E-state index in [9.17, 15) is 9.59 Å². The van der Waals surface area contributed by atoms with Crippen molar-refractivity contribution in [3.8, 4) is 0 Å². The van der Waals surface area contributed by atoms with Crippen LogP contribution < -0.4 is 10.9 Å². The van der Waals surface area contributed by atoms with E-state index in [4.69, 9.17) is 4.74 Å². The standard InChI is InChI=1S/C16H26N4O3S/c1-4-23-16(22)20-7-5-12(6-8-20)17-15-18-13(9-14(21)19-15)10-24-11(2)3/h9,11-12H,4-8,10H2,1-3H3,(H2,17,18,19,21). The summed E-state index contributed by atoms with van der Waals surface area (Å²) in [5.41, 5.74) is 0.639. The molecular weight excluding hydrogens is 328 g/mol. The smallest absolute Gasteiger partial charge is 0.409 e. The largest absolute Gasteiger partial charge is 0.450 e. The number of amides is 1. The Labute approximate surface area is 146 Å². The Morgan fingerprint density at radius 2 is 2.21 bits per heavy atom. The van der Waals surface area contributed by atoms with Crippen molar-refractivity contribution < 1.29 is 9.53 Å². The van der Waals surface area contributed by atoms with Crippen LogP contribution in [-0.4, -0.2) is 51.9 Å². The first kappa shape index (κ1) is 18.6. The second-order valence-electron chi connectivity index (χ2n) is 6.05. The highest BCUT2D eigenvalue weighted by atomic mass is 32.2. The Balaban J connectivity index is 1.90. The lowest BCUT2D eigenvalue weighted by Crippen LogP contribution is -2.43. The lowest BCUT2D eigenvalue weighted by molar-refractivity contribution is 0.0983. The van der Waals surface area contributed by atoms with Gasteiger partial charge < -0.3 is 15.0 Å². The third-order valence-corrected chi connectivity index (χ3v) is 4.85. The fourth-order valence-electron chi connectivity index (χ4n) is 2.52. The van der Waals surface area contributed by atoms with Crippen LogP contribution in [-0.2, 0) is 10.5 Å². The molecule has 0 spiro atoms. The van der Waals surface area contributed by atoms with Crippen LogP contribution in [0, 0.1) is 0 Å². The molecule has 0 aliphatic carbocycles. The van der Waals surface area contributed by atoms with E-state index in [0.717, 1.165) is 24.3 Å². The highest BCUT2D eigenvalue weighted by Gasteiger charge is 2.23. The highest BCUT2D eigenvalue weighted by Crippen LogP contribution is 2.17. The summed E-state index contributed by atoms with van der Waals surface area (Å²) in [5, 5.41) is 3.78. The summed E-state index contributed by atoms with van der Waals surface area (Å²) in [6.07, 6.45) is 1.34. The van der Waals surface area contributed by atoms with E-state index in [1.807, 2.05) is 0 Å². The summed E-state index contributed by atoms with van der Waals surface area (Å²) in [4.78, 5) is 32.4. The van der Waals surface area contributed by atoms with Crippen LogP contribution in [0.5, 0.6) is 0 Å². The molecule has 134 valence electrons. The van der Waals surface area contributed by atoms with Crippen molar-refractivity contribution in [3.05, 3.63) is 22.1 Å². The molecule has 0 bridgehead atoms. The van der Waals surface area contributed by atoms with Crippen molar-refractivity contribution >= 4 is 23.8 Å². The van der Waals surface area contributed by atoms with Crippen molar-refractivity contribution in [2.45, 2.75) is 50.7 Å². The predicted molar refractivity (Wildman–Crippen MR) is 96.5 cm³/mol. The van der Waals surface area contributed by atoms with Gasteiger partial charge in [0.1, 0.15) is 0 Å². The topological polar surface area (TPSA) is 87.3 Å². The summed E-state index contributed by atoms with van der Waals surface area (Å²) >= 11 is 1.75. The molecule has 1 fully saturated rings. The number of aromatic nitrogens is 2. The lowest BCUT2D eigenvalue weighted by atomic mass is 10.1. The SMILES string of the molecule is CCOC(=O)N1CCC(Nc2nc(CSC(C)C)cc(=O)[nH]2)CC1. The molecule has 1 aliphatic rings. The molecule has 2 N–H and O–H groups in total. The van der Waals surface area contributed by atoms with Gasteiger partial charge >= 0.3 is 6.09 Å². The number of nitrogens with one attached hydrogen (secondary N) is 2. The molecule has 1 aromatic rings. The van der Waals surface area contributed by atoms with Gasteiger partial charge in [-0.3, -0.25) is 9.78 Å². The molecule has 0 unspecified atom stereocenters. The van der Waals surface area contributed by atoms with Crippen LogP contribution in [0.25, 0.3) is 0 Å². The normalized spacial score (nSPS) is 15.6. The van der Waals surface area contributed by atoms with Gasteiger partial charge in [0, 0.05) is 31.0 Å². The zero-order valence-electron chi connectivity index (χ0n) is 14.5. The number of rotatable bonds is 6. The number of ether oxygens (including phenoxy) is 1. The third-order valence-electron chi connectivity index (χ3n) is 3.72. The zero-order chi connectivity index (χ0) is 17.5. The van der Waals surface area contributed by atoms with E-state index >= 15 is 0 Å². The molecule has 0 atom stereocenters. The van der Waals surface area contributed by atoms with Crippen LogP contribution in [0.1, 0.15) is 39.3 Å². The molecule has 2 rings (SSSR count). The number of carbonyl (C=O) groups is 1. The van der Waals surface area contributed by atoms with Gasteiger partial charge in [0.05, 0.1) is 12.3 Å². The highest BCUT2D eigenvalue weighted by molar-refractivity contribution is 7.99. The lowest BCUT2D eigenvalue weighted by Gasteiger charge is -2.31. The Morgan fingerprint density at radius 3 is 2.83 bits per heavy atom. The Kier molecular flexibility index (Phi) is 6.96. The van der Waals surface area contributed by atoms with Crippen LogP contribution in [0.2, 0.25) is 0 Å². The average Bonchev–Trinajstić information content (AvgIpc) is 2.53. The average molecular weight is 354 g/mol. The second-order valence-corrected chi connectivity index (χ2v) is 7.61. The molecule has 1 amide bonds. The van der Waals surface area contributed by atoms with E-state index in [2.05, 4.69) is 29.1 Å². The number of aromatic amines is 1. The van der Waals surface area contributed by atoms with E-state index in [0.29, 0.717) is 30.9 Å². The summed E-state index contributed by atoms with van der Waals surface area (Å²) in [6.45, 7) is 7.72. The van der Waals surface area contributed by atoms with E-state index in [1.54, 1.807) is 29.7 Å². The van der Waals surface area contributed by atoms with Crippen molar-refractivity contribution in [2.24, 2.45) is 0 Å². The Hall–Kier alpha value is -1.70. The monoisotopic (exact) mass is 354 g/mol. The van der Waals surface area contributed by atoms with E-state index in [1.165, 1.54) is 0 Å². The van der Waals surface area contributed by atoms with Gasteiger partial charge in [-0.25, -0.2) is 9.78 Å². The Bertz CT molecular complexity index is 597. The molecule has 0 radical (unpaired) electrons. The van der Waals surface area contributed by atoms with Crippen LogP contribution in [0.15, 0.2) is 10.9 Å². The van der Waals surface area contributed by atoms with Crippen LogP contribution in [0.3, 0.4) is 0 Å². The molecule has 1 saturated heterocycles. The maximum absolute atomic E-state index is 11.8. The molecule has 24 heavy (non-hydrogen) atoms. The summed E-state index contributed by atoms with van der Waals surface area (Å²) in [7, 11) is 0. The summed E-state index contributed by atoms with van der Waals surface area (Å²) < 4.78 is 5.02. The first-order chi connectivity index (χ1) is 11.5. The van der Waals surface area contributed by atoms with Crippen LogP contribution >= 0.6 is 11.8 Å². The van der Waals surface area contributed by atoms with Gasteiger partial charge in [0.2, 0.25) is 5.95 Å². The number of thioether (sulfide) groups is 1. The maximum atomic E-state index is 11.8. The number of piperidine rings is 1. The number of hydrogen-bond donors (Lipinski definition) is 2. The second kappa shape index (κ2) is 8.96. The fourth-order valence-corrected chi connectivity index (χ4v) is 3.17. The molecular formula is C16H26N4O3S. The number of anilines is 1. The minimum Gasteiger partial charge on any atom is -0.450 e. The minimum absolute atomic E-state index is 0.143. The van der Waals surface area contributed by atoms with Gasteiger partial charge in [0.25, 0.3) is 5.56 Å². The van der Waals surface area contributed by atoms with Crippen LogP contribution in [0.4, 0.5) is 10.7 Å². The molecule has 0 aromatic carbocycles. The first-order valence-electron chi connectivity index (χ1n) is 8.38. The number of likely N-dealkylation sites (tertiary alicyclic amines) is 1. The molecule has 2 heterocycles. The van der Waals surface area contributed by atoms with E-state index in [-0.39, 0.29) is 17.7 Å². The first-order valence-corrected chi connectivity index (χ1v) is 9.43. The van der Waals surface area contributed by atoms with Crippen molar-refractivity contribution in [1.29, 1.82) is 0 Å². The molecule has 1 aliphatic heterocycles. The molecule has 8 heteroatoms. The van der Waals surface area contributed by atoms with Crippen molar-refractivity contribution in [1.82, 2.24) is 14.9 Å². The molecule has 1 aromatic heterocycles. The maximum Gasteiger partial charge on any atom is 0.409 e. The zero-order valence-corrected chi connectivity index (χ0v) is 15.3. The fraction of sp³-hybridized carbons (Fsp3) is 0.688. The number of hydrogen-bond acceptors (Lipinski definition) is 6. The Morgan fingerprint density at radius 1 is 1.50 bits per heavy atom. The number of carbonyl (C=O) groups excluding carboxylic acids is 1. The number of H-pyrrole nitrogens is 1. The third kappa shape index (κ3) is 5.74. The quantitative estimate of drug-likeness (QED) is 0.816. The minimum atomic E-state index is -0.254. The van der Waals surface area contributed by atoms with E-state index < -0.39 is 0 Å². The van der Waals surface area contributed by atoms with Gasteiger partial charge in [-0.05, 0) is 25.0 Å². The summed E-state index contributed by atoms with van der Waals surface area (Å²) in [5.74, 6) is 1.23. The van der Waals surface area contributed by atoms with Gasteiger partial charge in [-0.1, -0.05) is 13.8 Å². The molecule has 0 saturated carbocycles. The van der Waals surface area contributed by atoms with Crippen molar-refractivity contribution in [2.75, 3.05) is 25.0 Å². The number of nitrogens with zero attached hydrogens (tertiary/aromatic N) is 2. The van der Waals surface area contributed by atoms with Gasteiger partial charge in [-0.15, -0.1) is 0 Å². The molecule has 7 nitrogen and oxygen atoms in total. The summed E-state index contributed by atoms with van der Waals surface area (Å²) in [6, 6.07) is 1.73. The van der Waals surface area contributed by atoms with Gasteiger partial charge in [0.15, 0.2) is 0 Å².